The number of aromatic nitrogens is 4. The first-order chi connectivity index (χ1) is 13.9. The smallest absolute Gasteiger partial charge is 0.235 e. The standard InChI is InChI=1S/C17H29N11S/c1-9-8-29-17(22-9)25-14-23-15(27-4-10(18)2-11(19)5-27)26-16(24-14)28-6-12(20)3-13(21)7-28/h8,10-13H,2-7,18-21H2,1H3,(H,22,23,24,25,26)/t10-,11+,12-,13+. The van der Waals surface area contributed by atoms with Gasteiger partial charge in [-0.2, -0.15) is 15.0 Å². The third-order valence-electron chi connectivity index (χ3n) is 5.05. The summed E-state index contributed by atoms with van der Waals surface area (Å²) in [5, 5.41) is 5.89. The lowest BCUT2D eigenvalue weighted by molar-refractivity contribution is 0.441. The lowest BCUT2D eigenvalue weighted by Crippen LogP contribution is -2.54. The molecule has 4 atom stereocenters. The van der Waals surface area contributed by atoms with Crippen molar-refractivity contribution in [1.82, 2.24) is 19.9 Å². The van der Waals surface area contributed by atoms with Gasteiger partial charge in [0.15, 0.2) is 5.13 Å². The van der Waals surface area contributed by atoms with Gasteiger partial charge in [-0.3, -0.25) is 5.32 Å². The van der Waals surface area contributed by atoms with Gasteiger partial charge < -0.3 is 32.7 Å². The van der Waals surface area contributed by atoms with E-state index in [1.807, 2.05) is 22.1 Å². The molecule has 9 N–H and O–H groups in total. The third-order valence-corrected chi connectivity index (χ3v) is 5.92. The van der Waals surface area contributed by atoms with Gasteiger partial charge in [-0.05, 0) is 19.8 Å². The number of thiazole rings is 1. The number of nitrogens with one attached hydrogen (secondary N) is 1. The van der Waals surface area contributed by atoms with Crippen molar-refractivity contribution in [3.8, 4) is 0 Å². The first kappa shape index (κ1) is 20.2. The molecule has 0 spiro atoms. The van der Waals surface area contributed by atoms with E-state index in [9.17, 15) is 0 Å². The van der Waals surface area contributed by atoms with Crippen molar-refractivity contribution in [3.05, 3.63) is 11.1 Å². The number of aryl methyl sites for hydroxylation is 1. The molecule has 158 valence electrons. The molecule has 0 aromatic carbocycles. The fourth-order valence-electron chi connectivity index (χ4n) is 3.88. The molecule has 0 radical (unpaired) electrons. The molecule has 2 fully saturated rings. The quantitative estimate of drug-likeness (QED) is 0.416. The largest absolute Gasteiger partial charge is 0.338 e. The average Bonchev–Trinajstić information content (AvgIpc) is 3.04. The van der Waals surface area contributed by atoms with Crippen molar-refractivity contribution in [1.29, 1.82) is 0 Å². The molecule has 11 nitrogen and oxygen atoms in total. The van der Waals surface area contributed by atoms with Gasteiger partial charge in [-0.15, -0.1) is 11.3 Å². The zero-order valence-corrected chi connectivity index (χ0v) is 17.3. The number of piperidine rings is 2. The number of rotatable bonds is 4. The van der Waals surface area contributed by atoms with E-state index in [2.05, 4.69) is 20.3 Å². The maximum atomic E-state index is 6.17. The van der Waals surface area contributed by atoms with Crippen LogP contribution in [0.1, 0.15) is 18.5 Å². The summed E-state index contributed by atoms with van der Waals surface area (Å²) in [6.07, 6.45) is 1.57. The Hall–Kier alpha value is -2.12. The Morgan fingerprint density at radius 3 is 1.72 bits per heavy atom. The number of anilines is 4. The maximum Gasteiger partial charge on any atom is 0.235 e. The van der Waals surface area contributed by atoms with Crippen LogP contribution < -0.4 is 38.1 Å². The van der Waals surface area contributed by atoms with Gasteiger partial charge >= 0.3 is 0 Å². The fraction of sp³-hybridized carbons (Fsp3) is 0.647. The highest BCUT2D eigenvalue weighted by Crippen LogP contribution is 2.24. The van der Waals surface area contributed by atoms with Crippen molar-refractivity contribution in [2.24, 2.45) is 22.9 Å². The minimum atomic E-state index is -0.0196. The van der Waals surface area contributed by atoms with E-state index in [0.717, 1.165) is 23.7 Å². The first-order valence-electron chi connectivity index (χ1n) is 9.83. The molecule has 12 heteroatoms. The Kier molecular flexibility index (Phi) is 5.79. The van der Waals surface area contributed by atoms with Crippen LogP contribution in [0.5, 0.6) is 0 Å². The lowest BCUT2D eigenvalue weighted by Gasteiger charge is -2.36. The molecule has 2 aromatic rings. The van der Waals surface area contributed by atoms with Crippen LogP contribution in [-0.2, 0) is 0 Å². The summed E-state index contributed by atoms with van der Waals surface area (Å²) in [5.41, 5.74) is 25.6. The molecule has 0 saturated carbocycles. The van der Waals surface area contributed by atoms with Crippen LogP contribution in [-0.4, -0.2) is 70.3 Å². The van der Waals surface area contributed by atoms with Gasteiger partial charge in [-0.25, -0.2) is 4.98 Å². The number of nitrogens with zero attached hydrogens (tertiary/aromatic N) is 6. The molecular formula is C17H29N11S. The summed E-state index contributed by atoms with van der Waals surface area (Å²) >= 11 is 1.50. The van der Waals surface area contributed by atoms with Gasteiger partial charge in [0.2, 0.25) is 17.8 Å². The van der Waals surface area contributed by atoms with E-state index in [1.165, 1.54) is 11.3 Å². The molecule has 2 aromatic heterocycles. The van der Waals surface area contributed by atoms with Crippen LogP contribution in [0.2, 0.25) is 0 Å². The normalized spacial score (nSPS) is 27.9. The number of nitrogens with two attached hydrogens (primary N) is 4. The Morgan fingerprint density at radius 1 is 0.828 bits per heavy atom. The van der Waals surface area contributed by atoms with E-state index in [4.69, 9.17) is 27.9 Å². The molecule has 2 saturated heterocycles. The van der Waals surface area contributed by atoms with Gasteiger partial charge in [0, 0.05) is 55.7 Å². The van der Waals surface area contributed by atoms with Gasteiger partial charge in [0.25, 0.3) is 0 Å². The van der Waals surface area contributed by atoms with E-state index >= 15 is 0 Å². The van der Waals surface area contributed by atoms with E-state index < -0.39 is 0 Å². The Labute approximate surface area is 173 Å². The van der Waals surface area contributed by atoms with Gasteiger partial charge in [0.05, 0.1) is 5.69 Å². The van der Waals surface area contributed by atoms with E-state index in [1.54, 1.807) is 0 Å². The minimum absolute atomic E-state index is 0.0196. The monoisotopic (exact) mass is 419 g/mol. The number of hydrogen-bond donors (Lipinski definition) is 5. The second-order valence-electron chi connectivity index (χ2n) is 8.00. The van der Waals surface area contributed by atoms with Crippen LogP contribution in [0.25, 0.3) is 0 Å². The molecule has 0 bridgehead atoms. The second-order valence-corrected chi connectivity index (χ2v) is 8.86. The summed E-state index contributed by atoms with van der Waals surface area (Å²) in [6.45, 7) is 4.52. The zero-order valence-electron chi connectivity index (χ0n) is 16.5. The van der Waals surface area contributed by atoms with Gasteiger partial charge in [0.1, 0.15) is 0 Å². The fourth-order valence-corrected chi connectivity index (χ4v) is 4.57. The summed E-state index contributed by atoms with van der Waals surface area (Å²) < 4.78 is 0. The summed E-state index contributed by atoms with van der Waals surface area (Å²) in [5.74, 6) is 1.52. The Bertz CT molecular complexity index is 778. The summed E-state index contributed by atoms with van der Waals surface area (Å²) in [7, 11) is 0. The highest BCUT2D eigenvalue weighted by atomic mass is 32.1. The van der Waals surface area contributed by atoms with Gasteiger partial charge in [-0.1, -0.05) is 0 Å². The van der Waals surface area contributed by atoms with Crippen LogP contribution in [0, 0.1) is 6.92 Å². The molecule has 0 amide bonds. The predicted octanol–water partition coefficient (Wildman–Crippen LogP) is -0.890. The topological polar surface area (TPSA) is 174 Å². The molecule has 2 aliphatic rings. The average molecular weight is 420 g/mol. The SMILES string of the molecule is Cc1csc(Nc2nc(N3C[C@H](N)C[C@H](N)C3)nc(N3C[C@H](N)C[C@H](N)C3)n2)n1. The summed E-state index contributed by atoms with van der Waals surface area (Å²) in [4.78, 5) is 22.4. The third kappa shape index (κ3) is 4.90. The molecule has 0 aliphatic carbocycles. The predicted molar refractivity (Wildman–Crippen MR) is 116 cm³/mol. The van der Waals surface area contributed by atoms with Crippen molar-refractivity contribution in [2.45, 2.75) is 43.9 Å². The van der Waals surface area contributed by atoms with Crippen LogP contribution in [0.4, 0.5) is 23.0 Å². The van der Waals surface area contributed by atoms with Crippen molar-refractivity contribution < 1.29 is 0 Å². The molecule has 29 heavy (non-hydrogen) atoms. The molecule has 4 rings (SSSR count). The lowest BCUT2D eigenvalue weighted by atomic mass is 10.0. The molecule has 4 heterocycles. The zero-order chi connectivity index (χ0) is 20.5. The summed E-state index contributed by atoms with van der Waals surface area (Å²) in [6, 6.07) is -0.0785. The highest BCUT2D eigenvalue weighted by molar-refractivity contribution is 7.13. The molecule has 0 unspecified atom stereocenters. The van der Waals surface area contributed by atoms with Crippen molar-refractivity contribution in [2.75, 3.05) is 41.3 Å². The Balaban J connectivity index is 1.66. The minimum Gasteiger partial charge on any atom is -0.338 e. The molecular weight excluding hydrogens is 390 g/mol. The van der Waals surface area contributed by atoms with Crippen molar-refractivity contribution in [3.63, 3.8) is 0 Å². The van der Waals surface area contributed by atoms with Crippen LogP contribution in [0.3, 0.4) is 0 Å². The maximum absolute atomic E-state index is 6.17. The van der Waals surface area contributed by atoms with Crippen LogP contribution >= 0.6 is 11.3 Å². The van der Waals surface area contributed by atoms with E-state index in [0.29, 0.717) is 44.0 Å². The van der Waals surface area contributed by atoms with E-state index in [-0.39, 0.29) is 24.2 Å². The second kappa shape index (κ2) is 8.32. The van der Waals surface area contributed by atoms with Crippen molar-refractivity contribution >= 4 is 34.3 Å². The Morgan fingerprint density at radius 2 is 1.31 bits per heavy atom. The van der Waals surface area contributed by atoms with Crippen LogP contribution in [0.15, 0.2) is 5.38 Å². The molecule has 2 aliphatic heterocycles. The first-order valence-corrected chi connectivity index (χ1v) is 10.7. The number of hydrogen-bond acceptors (Lipinski definition) is 12. The highest BCUT2D eigenvalue weighted by Gasteiger charge is 2.28.